The van der Waals surface area contributed by atoms with E-state index in [9.17, 15) is 9.59 Å². The Bertz CT molecular complexity index is 1400. The van der Waals surface area contributed by atoms with Crippen LogP contribution in [0.4, 0.5) is 5.69 Å². The van der Waals surface area contributed by atoms with Gasteiger partial charge in [-0.25, -0.2) is 9.97 Å². The van der Waals surface area contributed by atoms with Gasteiger partial charge in [-0.3, -0.25) is 14.3 Å². The number of nitrogens with zero attached hydrogens (tertiary/aromatic N) is 6. The first kappa shape index (κ1) is 21.9. The van der Waals surface area contributed by atoms with E-state index in [0.29, 0.717) is 31.4 Å². The molecule has 10 nitrogen and oxygen atoms in total. The van der Waals surface area contributed by atoms with E-state index in [0.717, 1.165) is 35.4 Å². The SMILES string of the molecule is C[C@H]1CCc2c(ccc3c2nc(CCn2ccccc2=O)n3CC(=O)NCc2ncnn2C)N1. The van der Waals surface area contributed by atoms with E-state index in [1.165, 1.54) is 11.9 Å². The Hall–Kier alpha value is -3.95. The zero-order valence-corrected chi connectivity index (χ0v) is 19.4. The van der Waals surface area contributed by atoms with Crippen molar-refractivity contribution < 1.29 is 4.79 Å². The zero-order chi connectivity index (χ0) is 23.7. The summed E-state index contributed by atoms with van der Waals surface area (Å²) in [4.78, 5) is 34.2. The number of nitrogens with one attached hydrogen (secondary N) is 2. The van der Waals surface area contributed by atoms with E-state index in [4.69, 9.17) is 4.98 Å². The quantitative estimate of drug-likeness (QED) is 0.434. The summed E-state index contributed by atoms with van der Waals surface area (Å²) in [6.07, 6.45) is 5.75. The fourth-order valence-corrected chi connectivity index (χ4v) is 4.47. The fourth-order valence-electron chi connectivity index (χ4n) is 4.47. The molecule has 1 amide bonds. The van der Waals surface area contributed by atoms with Gasteiger partial charge in [0.05, 0.1) is 17.6 Å². The Morgan fingerprint density at radius 2 is 2.12 bits per heavy atom. The number of aromatic nitrogens is 6. The predicted octanol–water partition coefficient (Wildman–Crippen LogP) is 1.63. The van der Waals surface area contributed by atoms with Crippen LogP contribution in [-0.2, 0) is 44.3 Å². The Labute approximate surface area is 196 Å². The molecule has 0 aliphatic carbocycles. The molecule has 2 N–H and O–H groups in total. The lowest BCUT2D eigenvalue weighted by atomic mass is 9.98. The number of fused-ring (bicyclic) bond motifs is 3. The first-order chi connectivity index (χ1) is 16.5. The third-order valence-electron chi connectivity index (χ3n) is 6.36. The van der Waals surface area contributed by atoms with E-state index < -0.39 is 0 Å². The van der Waals surface area contributed by atoms with Crippen LogP contribution in [0, 0.1) is 0 Å². The van der Waals surface area contributed by atoms with E-state index in [2.05, 4.69) is 33.7 Å². The van der Waals surface area contributed by atoms with Crippen LogP contribution in [0.2, 0.25) is 0 Å². The number of amides is 1. The van der Waals surface area contributed by atoms with Gasteiger partial charge in [0, 0.05) is 49.6 Å². The molecule has 0 unspecified atom stereocenters. The number of carbonyl (C=O) groups excluding carboxylic acids is 1. The van der Waals surface area contributed by atoms with Crippen molar-refractivity contribution >= 4 is 22.6 Å². The van der Waals surface area contributed by atoms with Crippen molar-refractivity contribution in [1.82, 2.24) is 34.2 Å². The van der Waals surface area contributed by atoms with Crippen molar-refractivity contribution in [3.05, 3.63) is 70.4 Å². The molecule has 5 rings (SSSR count). The lowest BCUT2D eigenvalue weighted by Crippen LogP contribution is -2.29. The van der Waals surface area contributed by atoms with Crippen molar-refractivity contribution in [2.45, 2.75) is 51.9 Å². The number of benzene rings is 1. The van der Waals surface area contributed by atoms with E-state index in [1.807, 2.05) is 16.7 Å². The van der Waals surface area contributed by atoms with E-state index >= 15 is 0 Å². The molecule has 34 heavy (non-hydrogen) atoms. The second-order valence-corrected chi connectivity index (χ2v) is 8.72. The predicted molar refractivity (Wildman–Crippen MR) is 128 cm³/mol. The summed E-state index contributed by atoms with van der Waals surface area (Å²) in [5, 5.41) is 10.5. The Morgan fingerprint density at radius 1 is 1.24 bits per heavy atom. The van der Waals surface area contributed by atoms with Gasteiger partial charge in [0.1, 0.15) is 24.5 Å². The van der Waals surface area contributed by atoms with Crippen molar-refractivity contribution in [3.63, 3.8) is 0 Å². The van der Waals surface area contributed by atoms with Gasteiger partial charge in [0.2, 0.25) is 5.91 Å². The number of hydrogen-bond acceptors (Lipinski definition) is 6. The first-order valence-electron chi connectivity index (χ1n) is 11.5. The smallest absolute Gasteiger partial charge is 0.250 e. The maximum atomic E-state index is 12.9. The van der Waals surface area contributed by atoms with Gasteiger partial charge in [0.15, 0.2) is 0 Å². The van der Waals surface area contributed by atoms with Crippen LogP contribution in [-0.4, -0.2) is 40.8 Å². The van der Waals surface area contributed by atoms with Gasteiger partial charge in [-0.1, -0.05) is 6.07 Å². The lowest BCUT2D eigenvalue weighted by molar-refractivity contribution is -0.121. The molecule has 1 aliphatic rings. The molecule has 0 radical (unpaired) electrons. The molecule has 0 bridgehead atoms. The summed E-state index contributed by atoms with van der Waals surface area (Å²) < 4.78 is 5.26. The molecule has 1 aromatic carbocycles. The molecule has 0 saturated heterocycles. The summed E-state index contributed by atoms with van der Waals surface area (Å²) in [7, 11) is 1.79. The summed E-state index contributed by atoms with van der Waals surface area (Å²) in [5.74, 6) is 1.33. The molecule has 1 atom stereocenters. The van der Waals surface area contributed by atoms with Crippen LogP contribution in [0.15, 0.2) is 47.7 Å². The Kier molecular flexibility index (Phi) is 5.87. The molecular formula is C24H28N8O2. The average molecular weight is 461 g/mol. The van der Waals surface area contributed by atoms with Crippen LogP contribution < -0.4 is 16.2 Å². The average Bonchev–Trinajstić information content (AvgIpc) is 3.40. The molecule has 0 fully saturated rings. The minimum Gasteiger partial charge on any atom is -0.382 e. The number of imidazole rings is 1. The molecule has 0 saturated carbocycles. The standard InChI is InChI=1S/C24H28N8O2/c1-16-6-7-17-18(28-16)8-9-19-24(17)29-20(10-12-31-11-4-3-5-23(31)34)32(19)14-22(33)25-13-21-26-15-27-30(21)2/h3-5,8-9,11,15-16,28H,6-7,10,12-14H2,1-2H3,(H,25,33)/t16-/m0/s1. The van der Waals surface area contributed by atoms with E-state index in [-0.39, 0.29) is 18.0 Å². The van der Waals surface area contributed by atoms with Gasteiger partial charge in [-0.15, -0.1) is 0 Å². The second kappa shape index (κ2) is 9.12. The van der Waals surface area contributed by atoms with Gasteiger partial charge in [-0.2, -0.15) is 5.10 Å². The van der Waals surface area contributed by atoms with Crippen LogP contribution in [0.5, 0.6) is 0 Å². The van der Waals surface area contributed by atoms with E-state index in [1.54, 1.807) is 34.6 Å². The molecule has 176 valence electrons. The van der Waals surface area contributed by atoms with Gasteiger partial charge >= 0.3 is 0 Å². The van der Waals surface area contributed by atoms with Crippen molar-refractivity contribution in [2.24, 2.45) is 7.05 Å². The molecule has 3 aromatic heterocycles. The van der Waals surface area contributed by atoms with Crippen molar-refractivity contribution in [2.75, 3.05) is 5.32 Å². The largest absolute Gasteiger partial charge is 0.382 e. The highest BCUT2D eigenvalue weighted by molar-refractivity contribution is 5.87. The topological polar surface area (TPSA) is 112 Å². The number of hydrogen-bond donors (Lipinski definition) is 2. The Morgan fingerprint density at radius 3 is 2.91 bits per heavy atom. The highest BCUT2D eigenvalue weighted by Crippen LogP contribution is 2.32. The van der Waals surface area contributed by atoms with Gasteiger partial charge in [0.25, 0.3) is 5.56 Å². The van der Waals surface area contributed by atoms with Crippen molar-refractivity contribution in [1.29, 1.82) is 0 Å². The fraction of sp³-hybridized carbons (Fsp3) is 0.375. The normalized spacial score (nSPS) is 15.2. The summed E-state index contributed by atoms with van der Waals surface area (Å²) >= 11 is 0. The molecule has 4 heterocycles. The third kappa shape index (κ3) is 4.30. The van der Waals surface area contributed by atoms with Crippen LogP contribution in [0.1, 0.15) is 30.6 Å². The van der Waals surface area contributed by atoms with Crippen LogP contribution in [0.3, 0.4) is 0 Å². The molecule has 1 aliphatic heterocycles. The number of rotatable bonds is 7. The Balaban J connectivity index is 1.45. The highest BCUT2D eigenvalue weighted by Gasteiger charge is 2.22. The van der Waals surface area contributed by atoms with Gasteiger partial charge in [-0.05, 0) is 38.0 Å². The molecule has 4 aromatic rings. The monoisotopic (exact) mass is 460 g/mol. The number of anilines is 1. The third-order valence-corrected chi connectivity index (χ3v) is 6.36. The number of pyridine rings is 1. The zero-order valence-electron chi connectivity index (χ0n) is 19.4. The molecule has 0 spiro atoms. The van der Waals surface area contributed by atoms with Gasteiger partial charge < -0.3 is 19.8 Å². The highest BCUT2D eigenvalue weighted by atomic mass is 16.2. The second-order valence-electron chi connectivity index (χ2n) is 8.72. The maximum Gasteiger partial charge on any atom is 0.250 e. The van der Waals surface area contributed by atoms with Crippen molar-refractivity contribution in [3.8, 4) is 0 Å². The van der Waals surface area contributed by atoms with Crippen LogP contribution in [0.25, 0.3) is 11.0 Å². The first-order valence-corrected chi connectivity index (χ1v) is 11.5. The minimum atomic E-state index is -0.134. The lowest BCUT2D eigenvalue weighted by Gasteiger charge is -2.24. The maximum absolute atomic E-state index is 12.9. The summed E-state index contributed by atoms with van der Waals surface area (Å²) in [6, 6.07) is 9.65. The molecule has 10 heteroatoms. The van der Waals surface area contributed by atoms with Crippen LogP contribution >= 0.6 is 0 Å². The summed E-state index contributed by atoms with van der Waals surface area (Å²) in [6.45, 7) is 3.10. The number of aryl methyl sites for hydroxylation is 4. The molecular weight excluding hydrogens is 432 g/mol. The number of carbonyl (C=O) groups is 1. The minimum absolute atomic E-state index is 0.0536. The summed E-state index contributed by atoms with van der Waals surface area (Å²) in [5.41, 5.74) is 4.09.